The summed E-state index contributed by atoms with van der Waals surface area (Å²) in [6.45, 7) is 2.73. The molecule has 2 aliphatic heterocycles. The fourth-order valence-corrected chi connectivity index (χ4v) is 13.5. The smallest absolute Gasteiger partial charge is 0.220 e. The van der Waals surface area contributed by atoms with Crippen molar-refractivity contribution in [3.05, 3.63) is 97.2 Å². The molecule has 2 saturated heterocycles. The summed E-state index contributed by atoms with van der Waals surface area (Å²) in [5, 5.41) is 87.8. The van der Waals surface area contributed by atoms with Crippen LogP contribution in [0.3, 0.4) is 0 Å². The van der Waals surface area contributed by atoms with Crippen LogP contribution in [-0.4, -0.2) is 140 Å². The van der Waals surface area contributed by atoms with Gasteiger partial charge in [0.05, 0.1) is 32.0 Å². The molecule has 14 heteroatoms. The second kappa shape index (κ2) is 69.9. The largest absolute Gasteiger partial charge is 0.394 e. The van der Waals surface area contributed by atoms with E-state index in [-0.39, 0.29) is 18.9 Å². The summed E-state index contributed by atoms with van der Waals surface area (Å²) >= 11 is 0. The van der Waals surface area contributed by atoms with E-state index in [9.17, 15) is 45.6 Å². The lowest BCUT2D eigenvalue weighted by Crippen LogP contribution is -2.65. The maximum Gasteiger partial charge on any atom is 0.220 e. The average Bonchev–Trinajstić information content (AvgIpc) is 0.792. The molecule has 12 unspecified atom stereocenters. The summed E-state index contributed by atoms with van der Waals surface area (Å²) in [5.74, 6) is -0.237. The van der Waals surface area contributed by atoms with Gasteiger partial charge in [0, 0.05) is 6.42 Å². The number of allylic oxidation sites excluding steroid dienone is 15. The Morgan fingerprint density at radius 2 is 0.683 bits per heavy atom. The third-order valence-electron chi connectivity index (χ3n) is 20.0. The molecule has 0 aromatic rings. The van der Waals surface area contributed by atoms with Crippen molar-refractivity contribution in [1.82, 2.24) is 5.32 Å². The van der Waals surface area contributed by atoms with Gasteiger partial charge in [0.25, 0.3) is 0 Å². The number of ether oxygens (including phenoxy) is 4. The molecular weight excluding hydrogens is 1270 g/mol. The fraction of sp³-hybridized carbons (Fsp3) is 0.805. The highest BCUT2D eigenvalue weighted by Gasteiger charge is 2.51. The van der Waals surface area contributed by atoms with Crippen molar-refractivity contribution in [1.29, 1.82) is 0 Å². The van der Waals surface area contributed by atoms with Crippen LogP contribution in [0.15, 0.2) is 97.2 Å². The number of amides is 1. The van der Waals surface area contributed by atoms with Crippen molar-refractivity contribution in [3.8, 4) is 0 Å². The molecule has 0 aliphatic carbocycles. The Morgan fingerprint density at radius 1 is 0.366 bits per heavy atom. The molecular formula is C87H155NO13. The first kappa shape index (κ1) is 94.0. The van der Waals surface area contributed by atoms with Gasteiger partial charge in [-0.3, -0.25) is 4.79 Å². The minimum atomic E-state index is -1.79. The van der Waals surface area contributed by atoms with Crippen LogP contribution in [0.2, 0.25) is 0 Å². The minimum Gasteiger partial charge on any atom is -0.394 e. The van der Waals surface area contributed by atoms with E-state index in [1.54, 1.807) is 6.08 Å². The molecule has 0 aromatic heterocycles. The zero-order valence-electron chi connectivity index (χ0n) is 64.4. The SMILES string of the molecule is CC/C=C\C/C=C\C/C=C\C/C=C\C/C=C\C/C=C\C/C=C\CCCCCCCCCCCCCCCCCC(=O)NC(COC1OC(CO)C(OC2OC(CO)C(O)C(O)C2O)C(O)C1O)C(O)/C=C/CCCCCCCCCCCCCCCCCCCCCCCCCCCCCC. The molecule has 586 valence electrons. The normalized spacial score (nSPS) is 22.2. The Kier molecular flexibility index (Phi) is 65.1. The van der Waals surface area contributed by atoms with E-state index in [4.69, 9.17) is 18.9 Å². The molecule has 14 nitrogen and oxygen atoms in total. The predicted molar refractivity (Wildman–Crippen MR) is 419 cm³/mol. The molecule has 0 spiro atoms. The summed E-state index contributed by atoms with van der Waals surface area (Å²) < 4.78 is 22.9. The van der Waals surface area contributed by atoms with E-state index in [1.807, 2.05) is 6.08 Å². The lowest BCUT2D eigenvalue weighted by molar-refractivity contribution is -0.359. The van der Waals surface area contributed by atoms with E-state index in [1.165, 1.54) is 244 Å². The first-order valence-corrected chi connectivity index (χ1v) is 42.0. The molecule has 0 bridgehead atoms. The molecule has 9 N–H and O–H groups in total. The second-order valence-electron chi connectivity index (χ2n) is 29.2. The van der Waals surface area contributed by atoms with Gasteiger partial charge < -0.3 is 65.1 Å². The number of nitrogens with one attached hydrogen (secondary N) is 1. The quantitative estimate of drug-likeness (QED) is 0.0204. The highest BCUT2D eigenvalue weighted by atomic mass is 16.7. The van der Waals surface area contributed by atoms with Crippen LogP contribution in [-0.2, 0) is 23.7 Å². The first-order valence-electron chi connectivity index (χ1n) is 42.0. The number of unbranched alkanes of at least 4 members (excludes halogenated alkanes) is 43. The lowest BCUT2D eigenvalue weighted by Gasteiger charge is -2.46. The highest BCUT2D eigenvalue weighted by Crippen LogP contribution is 2.30. The van der Waals surface area contributed by atoms with Crippen LogP contribution in [0.4, 0.5) is 0 Å². The standard InChI is InChI=1S/C87H155NO13/c1-3-5-7-9-11-13-15-17-19-21-23-25-27-29-31-33-35-36-37-38-39-40-41-43-45-47-49-51-53-55-57-59-61-63-65-67-69-71-79(92)88-75(74-98-86-84(97)82(95)85(78(73-90)100-86)101-87-83(96)81(94)80(93)77(72-89)99-87)76(91)70-68-66-64-62-60-58-56-54-52-50-48-46-44-42-34-32-30-28-26-24-22-20-18-16-14-12-10-8-6-4-2/h5,7,11,13,17,19,23,25,29,31,35-36,38-39,68,70,75-78,80-87,89-91,93-97H,3-4,6,8-10,12,14-16,18,20-22,24,26-28,30,32-34,37,40-67,69,71-74H2,1-2H3,(H,88,92)/b7-5-,13-11-,19-17-,25-23-,31-29-,36-35-,39-38-,70-68+. The molecule has 2 fully saturated rings. The molecule has 0 aromatic carbocycles. The van der Waals surface area contributed by atoms with Gasteiger partial charge >= 0.3 is 0 Å². The van der Waals surface area contributed by atoms with Crippen molar-refractivity contribution in [2.75, 3.05) is 19.8 Å². The number of hydrogen-bond donors (Lipinski definition) is 9. The summed E-state index contributed by atoms with van der Waals surface area (Å²) in [7, 11) is 0. The van der Waals surface area contributed by atoms with Crippen molar-refractivity contribution in [3.63, 3.8) is 0 Å². The summed E-state index contributed by atoms with van der Waals surface area (Å²) in [6.07, 6.45) is 83.5. The van der Waals surface area contributed by atoms with Gasteiger partial charge in [-0.1, -0.05) is 368 Å². The van der Waals surface area contributed by atoms with Crippen molar-refractivity contribution in [2.24, 2.45) is 0 Å². The molecule has 0 radical (unpaired) electrons. The molecule has 2 aliphatic rings. The van der Waals surface area contributed by atoms with Crippen molar-refractivity contribution in [2.45, 2.75) is 428 Å². The second-order valence-corrected chi connectivity index (χ2v) is 29.2. The van der Waals surface area contributed by atoms with E-state index < -0.39 is 86.8 Å². The Bertz CT molecular complexity index is 2070. The molecule has 2 heterocycles. The summed E-state index contributed by atoms with van der Waals surface area (Å²) in [5.41, 5.74) is 0. The maximum atomic E-state index is 13.4. The van der Waals surface area contributed by atoms with Crippen LogP contribution >= 0.6 is 0 Å². The molecule has 1 amide bonds. The number of aliphatic hydroxyl groups excluding tert-OH is 8. The van der Waals surface area contributed by atoms with Crippen LogP contribution in [0, 0.1) is 0 Å². The van der Waals surface area contributed by atoms with Crippen LogP contribution in [0.5, 0.6) is 0 Å². The van der Waals surface area contributed by atoms with Gasteiger partial charge in [-0.15, -0.1) is 0 Å². The maximum absolute atomic E-state index is 13.4. The van der Waals surface area contributed by atoms with E-state index in [2.05, 4.69) is 104 Å². The average molecular weight is 1420 g/mol. The number of rotatable bonds is 70. The van der Waals surface area contributed by atoms with E-state index in [0.29, 0.717) is 6.42 Å². The highest BCUT2D eigenvalue weighted by molar-refractivity contribution is 5.76. The zero-order chi connectivity index (χ0) is 73.0. The van der Waals surface area contributed by atoms with E-state index in [0.717, 1.165) is 83.5 Å². The van der Waals surface area contributed by atoms with Gasteiger partial charge in [-0.25, -0.2) is 0 Å². The molecule has 12 atom stereocenters. The van der Waals surface area contributed by atoms with Gasteiger partial charge in [0.15, 0.2) is 12.6 Å². The van der Waals surface area contributed by atoms with Crippen LogP contribution in [0.25, 0.3) is 0 Å². The number of hydrogen-bond acceptors (Lipinski definition) is 13. The Morgan fingerprint density at radius 3 is 1.05 bits per heavy atom. The Balaban J connectivity index is 1.60. The van der Waals surface area contributed by atoms with Gasteiger partial charge in [-0.05, 0) is 77.0 Å². The third kappa shape index (κ3) is 52.5. The Labute approximate surface area is 617 Å². The molecule has 0 saturated carbocycles. The number of carbonyl (C=O) groups excluding carboxylic acids is 1. The fourth-order valence-electron chi connectivity index (χ4n) is 13.5. The molecule has 101 heavy (non-hydrogen) atoms. The zero-order valence-corrected chi connectivity index (χ0v) is 64.4. The lowest BCUT2D eigenvalue weighted by atomic mass is 9.97. The summed E-state index contributed by atoms with van der Waals surface area (Å²) in [4.78, 5) is 13.4. The van der Waals surface area contributed by atoms with Crippen LogP contribution < -0.4 is 5.32 Å². The van der Waals surface area contributed by atoms with Crippen LogP contribution in [0.1, 0.15) is 354 Å². The Hall–Kier alpha value is -3.09. The minimum absolute atomic E-state index is 0.237. The van der Waals surface area contributed by atoms with Gasteiger partial charge in [0.1, 0.15) is 48.8 Å². The topological polar surface area (TPSA) is 228 Å². The summed E-state index contributed by atoms with van der Waals surface area (Å²) in [6, 6.07) is -0.922. The number of aliphatic hydroxyl groups is 8. The monoisotopic (exact) mass is 1420 g/mol. The van der Waals surface area contributed by atoms with Gasteiger partial charge in [-0.2, -0.15) is 0 Å². The predicted octanol–water partition coefficient (Wildman–Crippen LogP) is 19.6. The number of carbonyl (C=O) groups is 1. The van der Waals surface area contributed by atoms with E-state index >= 15 is 0 Å². The van der Waals surface area contributed by atoms with Gasteiger partial charge in [0.2, 0.25) is 5.91 Å². The first-order chi connectivity index (χ1) is 49.6. The third-order valence-corrected chi connectivity index (χ3v) is 20.0. The van der Waals surface area contributed by atoms with Crippen molar-refractivity contribution >= 4 is 5.91 Å². The molecule has 2 rings (SSSR count). The van der Waals surface area contributed by atoms with Crippen molar-refractivity contribution < 1.29 is 64.6 Å².